The molecule has 3 nitrogen and oxygen atoms in total. The third-order valence-corrected chi connectivity index (χ3v) is 2.55. The fraction of sp³-hybridized carbons (Fsp3) is 0.667. The SMILES string of the molecule is COC(=O)CN(C)C(=S)SC. The van der Waals surface area contributed by atoms with Crippen molar-refractivity contribution in [2.45, 2.75) is 0 Å². The van der Waals surface area contributed by atoms with Crippen LogP contribution in [0.25, 0.3) is 0 Å². The van der Waals surface area contributed by atoms with Gasteiger partial charge in [-0.2, -0.15) is 0 Å². The molecular weight excluding hydrogens is 182 g/mol. The van der Waals surface area contributed by atoms with Crippen LogP contribution in [0.3, 0.4) is 0 Å². The molecule has 0 amide bonds. The van der Waals surface area contributed by atoms with Crippen molar-refractivity contribution < 1.29 is 9.53 Å². The van der Waals surface area contributed by atoms with Crippen LogP contribution in [0.2, 0.25) is 0 Å². The van der Waals surface area contributed by atoms with Gasteiger partial charge in [0, 0.05) is 7.05 Å². The Labute approximate surface area is 76.1 Å². The van der Waals surface area contributed by atoms with E-state index in [9.17, 15) is 4.79 Å². The molecule has 0 saturated carbocycles. The first-order chi connectivity index (χ1) is 5.11. The normalized spacial score (nSPS) is 9.00. The summed E-state index contributed by atoms with van der Waals surface area (Å²) in [6.45, 7) is 0.218. The van der Waals surface area contributed by atoms with Gasteiger partial charge < -0.3 is 9.64 Å². The molecule has 0 aromatic carbocycles. The number of thiocarbonyl (C=S) groups is 1. The molecule has 0 aliphatic carbocycles. The summed E-state index contributed by atoms with van der Waals surface area (Å²) in [7, 11) is 3.12. The number of likely N-dealkylation sites (N-methyl/N-ethyl adjacent to an activating group) is 1. The van der Waals surface area contributed by atoms with Gasteiger partial charge in [0.1, 0.15) is 10.9 Å². The largest absolute Gasteiger partial charge is 0.468 e. The molecule has 0 N–H and O–H groups in total. The number of nitrogens with zero attached hydrogens (tertiary/aromatic N) is 1. The highest BCUT2D eigenvalue weighted by Crippen LogP contribution is 2.01. The lowest BCUT2D eigenvalue weighted by Gasteiger charge is -2.15. The first-order valence-corrected chi connectivity index (χ1v) is 4.61. The number of carbonyl (C=O) groups excluding carboxylic acids is 1. The van der Waals surface area contributed by atoms with Crippen molar-refractivity contribution in [3.05, 3.63) is 0 Å². The summed E-state index contributed by atoms with van der Waals surface area (Å²) in [6, 6.07) is 0. The zero-order valence-corrected chi connectivity index (χ0v) is 8.42. The van der Waals surface area contributed by atoms with E-state index in [4.69, 9.17) is 12.2 Å². The predicted molar refractivity (Wildman–Crippen MR) is 50.8 cm³/mol. The van der Waals surface area contributed by atoms with Crippen LogP contribution in [0.15, 0.2) is 0 Å². The molecule has 11 heavy (non-hydrogen) atoms. The molecule has 5 heteroatoms. The Hall–Kier alpha value is -0.290. The molecule has 0 unspecified atom stereocenters. The lowest BCUT2D eigenvalue weighted by Crippen LogP contribution is -2.29. The third-order valence-electron chi connectivity index (χ3n) is 1.08. The maximum atomic E-state index is 10.7. The first kappa shape index (κ1) is 10.7. The Bertz CT molecular complexity index is 161. The minimum Gasteiger partial charge on any atom is -0.468 e. The lowest BCUT2D eigenvalue weighted by atomic mass is 10.6. The van der Waals surface area contributed by atoms with Gasteiger partial charge in [0.2, 0.25) is 0 Å². The van der Waals surface area contributed by atoms with Crippen molar-refractivity contribution in [2.24, 2.45) is 0 Å². The summed E-state index contributed by atoms with van der Waals surface area (Å²) in [4.78, 5) is 12.4. The van der Waals surface area contributed by atoms with Gasteiger partial charge in [0.25, 0.3) is 0 Å². The number of methoxy groups -OCH3 is 1. The average Bonchev–Trinajstić information content (AvgIpc) is 2.02. The van der Waals surface area contributed by atoms with Crippen molar-refractivity contribution in [1.29, 1.82) is 0 Å². The second-order valence-electron chi connectivity index (χ2n) is 1.90. The van der Waals surface area contributed by atoms with E-state index < -0.39 is 0 Å². The average molecular weight is 193 g/mol. The monoisotopic (exact) mass is 193 g/mol. The maximum Gasteiger partial charge on any atom is 0.325 e. The van der Waals surface area contributed by atoms with Crippen molar-refractivity contribution >= 4 is 34.3 Å². The minimum absolute atomic E-state index is 0.218. The summed E-state index contributed by atoms with van der Waals surface area (Å²) in [5.41, 5.74) is 0. The smallest absolute Gasteiger partial charge is 0.325 e. The molecule has 0 rings (SSSR count). The van der Waals surface area contributed by atoms with Crippen LogP contribution in [-0.2, 0) is 9.53 Å². The van der Waals surface area contributed by atoms with Crippen molar-refractivity contribution in [1.82, 2.24) is 4.90 Å². The fourth-order valence-corrected chi connectivity index (χ4v) is 0.919. The van der Waals surface area contributed by atoms with Crippen molar-refractivity contribution in [3.8, 4) is 0 Å². The van der Waals surface area contributed by atoms with E-state index in [1.54, 1.807) is 11.9 Å². The standard InChI is InChI=1S/C6H11NO2S2/c1-7(6(10)11-3)4-5(8)9-2/h4H2,1-3H3. The lowest BCUT2D eigenvalue weighted by molar-refractivity contribution is -0.140. The summed E-state index contributed by atoms with van der Waals surface area (Å²) in [6.07, 6.45) is 1.87. The zero-order chi connectivity index (χ0) is 8.85. The fourth-order valence-electron chi connectivity index (χ4n) is 0.479. The molecule has 0 aliphatic rings. The van der Waals surface area contributed by atoms with E-state index in [0.717, 1.165) is 0 Å². The van der Waals surface area contributed by atoms with E-state index in [2.05, 4.69) is 4.74 Å². The number of thioether (sulfide) groups is 1. The Morgan fingerprint density at radius 2 is 2.27 bits per heavy atom. The van der Waals surface area contributed by atoms with Crippen LogP contribution in [0.1, 0.15) is 0 Å². The number of esters is 1. The molecule has 0 heterocycles. The molecule has 0 aromatic rings. The molecule has 0 bridgehead atoms. The Balaban J connectivity index is 3.77. The van der Waals surface area contributed by atoms with E-state index in [1.807, 2.05) is 6.26 Å². The molecule has 0 aromatic heterocycles. The van der Waals surface area contributed by atoms with Crippen LogP contribution >= 0.6 is 24.0 Å². The van der Waals surface area contributed by atoms with Crippen LogP contribution < -0.4 is 0 Å². The predicted octanol–water partition coefficient (Wildman–Crippen LogP) is 0.739. The quantitative estimate of drug-likeness (QED) is 0.476. The summed E-state index contributed by atoms with van der Waals surface area (Å²) in [5, 5.41) is 0. The van der Waals surface area contributed by atoms with Gasteiger partial charge in [0.05, 0.1) is 7.11 Å². The molecule has 64 valence electrons. The van der Waals surface area contributed by atoms with E-state index in [0.29, 0.717) is 4.32 Å². The Morgan fingerprint density at radius 3 is 2.64 bits per heavy atom. The number of carbonyl (C=O) groups is 1. The van der Waals surface area contributed by atoms with Gasteiger partial charge in [-0.15, -0.1) is 11.8 Å². The highest BCUT2D eigenvalue weighted by molar-refractivity contribution is 8.22. The Kier molecular flexibility index (Phi) is 5.23. The highest BCUT2D eigenvalue weighted by atomic mass is 32.2. The van der Waals surface area contributed by atoms with E-state index in [1.165, 1.54) is 18.9 Å². The molecular formula is C6H11NO2S2. The molecule has 0 spiro atoms. The number of hydrogen-bond acceptors (Lipinski definition) is 4. The van der Waals surface area contributed by atoms with E-state index >= 15 is 0 Å². The summed E-state index contributed by atoms with van der Waals surface area (Å²) < 4.78 is 5.16. The maximum absolute atomic E-state index is 10.7. The van der Waals surface area contributed by atoms with Gasteiger partial charge in [-0.05, 0) is 6.26 Å². The van der Waals surface area contributed by atoms with E-state index in [-0.39, 0.29) is 12.5 Å². The third kappa shape index (κ3) is 4.21. The highest BCUT2D eigenvalue weighted by Gasteiger charge is 2.07. The number of hydrogen-bond donors (Lipinski definition) is 0. The molecule has 0 aliphatic heterocycles. The van der Waals surface area contributed by atoms with Gasteiger partial charge in [-0.3, -0.25) is 4.79 Å². The molecule has 0 radical (unpaired) electrons. The second-order valence-corrected chi connectivity index (χ2v) is 3.34. The van der Waals surface area contributed by atoms with Crippen molar-refractivity contribution in [2.75, 3.05) is 27.0 Å². The minimum atomic E-state index is -0.274. The summed E-state index contributed by atoms with van der Waals surface area (Å²) >= 11 is 6.36. The van der Waals surface area contributed by atoms with Crippen molar-refractivity contribution in [3.63, 3.8) is 0 Å². The molecule has 0 atom stereocenters. The number of ether oxygens (including phenoxy) is 1. The van der Waals surface area contributed by atoms with Crippen LogP contribution in [0.5, 0.6) is 0 Å². The van der Waals surface area contributed by atoms with Gasteiger partial charge in [-0.1, -0.05) is 12.2 Å². The Morgan fingerprint density at radius 1 is 1.73 bits per heavy atom. The topological polar surface area (TPSA) is 29.5 Å². The summed E-state index contributed by atoms with van der Waals surface area (Å²) in [5.74, 6) is -0.274. The first-order valence-electron chi connectivity index (χ1n) is 2.97. The molecule has 0 fully saturated rings. The second kappa shape index (κ2) is 5.37. The van der Waals surface area contributed by atoms with Crippen LogP contribution in [0, 0.1) is 0 Å². The van der Waals surface area contributed by atoms with Gasteiger partial charge in [0.15, 0.2) is 0 Å². The van der Waals surface area contributed by atoms with Gasteiger partial charge in [-0.25, -0.2) is 0 Å². The molecule has 0 saturated heterocycles. The van der Waals surface area contributed by atoms with Crippen LogP contribution in [-0.4, -0.2) is 42.1 Å². The number of rotatable bonds is 2. The van der Waals surface area contributed by atoms with Crippen LogP contribution in [0.4, 0.5) is 0 Å². The van der Waals surface area contributed by atoms with Gasteiger partial charge >= 0.3 is 5.97 Å². The zero-order valence-electron chi connectivity index (χ0n) is 6.79.